The molecule has 82 valence electrons. The quantitative estimate of drug-likeness (QED) is 0.687. The van der Waals surface area contributed by atoms with Crippen LogP contribution in [0.25, 0.3) is 0 Å². The van der Waals surface area contributed by atoms with Crippen molar-refractivity contribution in [3.63, 3.8) is 0 Å². The number of carbonyl (C=O) groups is 1. The third kappa shape index (κ3) is 3.66. The van der Waals surface area contributed by atoms with E-state index in [0.29, 0.717) is 25.0 Å². The van der Waals surface area contributed by atoms with Gasteiger partial charge in [0.15, 0.2) is 0 Å². The van der Waals surface area contributed by atoms with E-state index in [9.17, 15) is 4.79 Å². The van der Waals surface area contributed by atoms with E-state index >= 15 is 0 Å². The van der Waals surface area contributed by atoms with Crippen molar-refractivity contribution in [3.05, 3.63) is 0 Å². The minimum absolute atomic E-state index is 0.0703. The van der Waals surface area contributed by atoms with Crippen molar-refractivity contribution >= 4 is 5.97 Å². The second-order valence-corrected chi connectivity index (χ2v) is 4.05. The van der Waals surface area contributed by atoms with Crippen LogP contribution in [0.4, 0.5) is 0 Å². The van der Waals surface area contributed by atoms with Crippen molar-refractivity contribution in [3.8, 4) is 0 Å². The lowest BCUT2D eigenvalue weighted by Crippen LogP contribution is -2.24. The number of hydrogen-bond acceptors (Lipinski definition) is 3. The first-order valence-corrected chi connectivity index (χ1v) is 5.65. The Morgan fingerprint density at radius 1 is 1.50 bits per heavy atom. The highest BCUT2D eigenvalue weighted by molar-refractivity contribution is 5.69. The summed E-state index contributed by atoms with van der Waals surface area (Å²) in [7, 11) is 0. The van der Waals surface area contributed by atoms with Gasteiger partial charge < -0.3 is 10.5 Å². The van der Waals surface area contributed by atoms with Crippen LogP contribution >= 0.6 is 0 Å². The largest absolute Gasteiger partial charge is 0.466 e. The monoisotopic (exact) mass is 199 g/mol. The molecule has 2 unspecified atom stereocenters. The maximum Gasteiger partial charge on any atom is 0.305 e. The highest BCUT2D eigenvalue weighted by atomic mass is 16.5. The van der Waals surface area contributed by atoms with Crippen LogP contribution in [0.5, 0.6) is 0 Å². The van der Waals surface area contributed by atoms with Crippen LogP contribution in [0, 0.1) is 5.92 Å². The second-order valence-electron chi connectivity index (χ2n) is 4.05. The van der Waals surface area contributed by atoms with E-state index in [1.807, 2.05) is 6.92 Å². The number of hydrogen-bond donors (Lipinski definition) is 1. The van der Waals surface area contributed by atoms with Crippen LogP contribution < -0.4 is 5.73 Å². The summed E-state index contributed by atoms with van der Waals surface area (Å²) in [6.07, 6.45) is 6.22. The fourth-order valence-corrected chi connectivity index (χ4v) is 2.17. The summed E-state index contributed by atoms with van der Waals surface area (Å²) in [5.41, 5.74) is 5.94. The molecule has 0 saturated heterocycles. The van der Waals surface area contributed by atoms with Crippen LogP contribution in [0.15, 0.2) is 0 Å². The van der Waals surface area contributed by atoms with Crippen molar-refractivity contribution in [2.75, 3.05) is 6.61 Å². The number of carbonyl (C=O) groups excluding carboxylic acids is 1. The first-order chi connectivity index (χ1) is 6.74. The molecule has 1 fully saturated rings. The standard InChI is InChI=1S/C11H21NO2/c1-2-14-11(13)8-4-6-9-5-3-7-10(9)12/h9-10H,2-8,12H2,1H3. The average Bonchev–Trinajstić information content (AvgIpc) is 2.52. The molecule has 0 heterocycles. The SMILES string of the molecule is CCOC(=O)CCCC1CCCC1N. The van der Waals surface area contributed by atoms with Gasteiger partial charge in [-0.25, -0.2) is 0 Å². The Morgan fingerprint density at radius 2 is 2.29 bits per heavy atom. The van der Waals surface area contributed by atoms with E-state index in [1.165, 1.54) is 12.8 Å². The maximum absolute atomic E-state index is 11.0. The zero-order valence-corrected chi connectivity index (χ0v) is 9.00. The van der Waals surface area contributed by atoms with E-state index in [4.69, 9.17) is 10.5 Å². The Hall–Kier alpha value is -0.570. The summed E-state index contributed by atoms with van der Waals surface area (Å²) in [4.78, 5) is 11.0. The molecule has 0 aromatic carbocycles. The van der Waals surface area contributed by atoms with Crippen LogP contribution in [-0.4, -0.2) is 18.6 Å². The van der Waals surface area contributed by atoms with Gasteiger partial charge in [0.2, 0.25) is 0 Å². The first kappa shape index (κ1) is 11.5. The predicted octanol–water partition coefficient (Wildman–Crippen LogP) is 1.85. The third-order valence-electron chi connectivity index (χ3n) is 2.98. The predicted molar refractivity (Wildman–Crippen MR) is 55.8 cm³/mol. The van der Waals surface area contributed by atoms with E-state index in [2.05, 4.69) is 0 Å². The molecule has 0 aromatic heterocycles. The fourth-order valence-electron chi connectivity index (χ4n) is 2.17. The Bertz CT molecular complexity index is 182. The molecule has 0 spiro atoms. The number of rotatable bonds is 5. The van der Waals surface area contributed by atoms with Gasteiger partial charge in [-0.3, -0.25) is 4.79 Å². The molecule has 1 saturated carbocycles. The highest BCUT2D eigenvalue weighted by Gasteiger charge is 2.23. The summed E-state index contributed by atoms with van der Waals surface area (Å²) in [5.74, 6) is 0.573. The average molecular weight is 199 g/mol. The molecule has 0 aliphatic heterocycles. The zero-order valence-electron chi connectivity index (χ0n) is 9.00. The molecule has 1 aliphatic carbocycles. The molecule has 1 rings (SSSR count). The molecule has 2 atom stereocenters. The summed E-state index contributed by atoms with van der Waals surface area (Å²) < 4.78 is 4.86. The molecule has 0 aromatic rings. The molecule has 3 nitrogen and oxygen atoms in total. The summed E-state index contributed by atoms with van der Waals surface area (Å²) in [6.45, 7) is 2.33. The first-order valence-electron chi connectivity index (χ1n) is 5.65. The van der Waals surface area contributed by atoms with E-state index in [-0.39, 0.29) is 5.97 Å². The van der Waals surface area contributed by atoms with Crippen LogP contribution in [0.1, 0.15) is 45.4 Å². The third-order valence-corrected chi connectivity index (χ3v) is 2.98. The molecule has 0 radical (unpaired) electrons. The zero-order chi connectivity index (χ0) is 10.4. The Kier molecular flexibility index (Phi) is 4.94. The van der Waals surface area contributed by atoms with Crippen molar-refractivity contribution in [1.29, 1.82) is 0 Å². The Labute approximate surface area is 86.0 Å². The van der Waals surface area contributed by atoms with Gasteiger partial charge >= 0.3 is 5.97 Å². The van der Waals surface area contributed by atoms with Crippen molar-refractivity contribution in [2.45, 2.75) is 51.5 Å². The van der Waals surface area contributed by atoms with Crippen LogP contribution in [0.2, 0.25) is 0 Å². The molecular weight excluding hydrogens is 178 g/mol. The lowest BCUT2D eigenvalue weighted by Gasteiger charge is -2.14. The van der Waals surface area contributed by atoms with E-state index < -0.39 is 0 Å². The second kappa shape index (κ2) is 6.02. The Balaban J connectivity index is 2.06. The van der Waals surface area contributed by atoms with Gasteiger partial charge in [0.05, 0.1) is 6.61 Å². The molecule has 0 amide bonds. The molecule has 2 N–H and O–H groups in total. The van der Waals surface area contributed by atoms with Crippen molar-refractivity contribution < 1.29 is 9.53 Å². The fraction of sp³-hybridized carbons (Fsp3) is 0.909. The molecule has 0 bridgehead atoms. The summed E-state index contributed by atoms with van der Waals surface area (Å²) >= 11 is 0. The topological polar surface area (TPSA) is 52.3 Å². The summed E-state index contributed by atoms with van der Waals surface area (Å²) in [6, 6.07) is 0.372. The number of nitrogens with two attached hydrogens (primary N) is 1. The number of ether oxygens (including phenoxy) is 1. The van der Waals surface area contributed by atoms with E-state index in [1.54, 1.807) is 0 Å². The van der Waals surface area contributed by atoms with Gasteiger partial charge in [-0.2, -0.15) is 0 Å². The van der Waals surface area contributed by atoms with Crippen molar-refractivity contribution in [2.24, 2.45) is 11.7 Å². The smallest absolute Gasteiger partial charge is 0.305 e. The molecule has 1 aliphatic rings. The van der Waals surface area contributed by atoms with Crippen LogP contribution in [-0.2, 0) is 9.53 Å². The van der Waals surface area contributed by atoms with Gasteiger partial charge in [0.1, 0.15) is 0 Å². The van der Waals surface area contributed by atoms with Crippen LogP contribution in [0.3, 0.4) is 0 Å². The lowest BCUT2D eigenvalue weighted by molar-refractivity contribution is -0.143. The number of esters is 1. The normalized spacial score (nSPS) is 26.4. The van der Waals surface area contributed by atoms with Gasteiger partial charge in [0.25, 0.3) is 0 Å². The van der Waals surface area contributed by atoms with Crippen molar-refractivity contribution in [1.82, 2.24) is 0 Å². The van der Waals surface area contributed by atoms with Gasteiger partial charge in [-0.1, -0.05) is 6.42 Å². The minimum Gasteiger partial charge on any atom is -0.466 e. The molecule has 3 heteroatoms. The van der Waals surface area contributed by atoms with Gasteiger partial charge in [-0.05, 0) is 38.5 Å². The van der Waals surface area contributed by atoms with Gasteiger partial charge in [-0.15, -0.1) is 0 Å². The maximum atomic E-state index is 11.0. The Morgan fingerprint density at radius 3 is 2.86 bits per heavy atom. The van der Waals surface area contributed by atoms with Gasteiger partial charge in [0, 0.05) is 12.5 Å². The highest BCUT2D eigenvalue weighted by Crippen LogP contribution is 2.28. The lowest BCUT2D eigenvalue weighted by atomic mass is 9.97. The summed E-state index contributed by atoms with van der Waals surface area (Å²) in [5, 5.41) is 0. The molecule has 14 heavy (non-hydrogen) atoms. The van der Waals surface area contributed by atoms with E-state index in [0.717, 1.165) is 19.3 Å². The minimum atomic E-state index is -0.0703. The molecular formula is C11H21NO2.